The zero-order valence-corrected chi connectivity index (χ0v) is 17.5. The Kier molecular flexibility index (Phi) is 6.14. The van der Waals surface area contributed by atoms with Crippen LogP contribution < -0.4 is 10.1 Å². The molecule has 0 spiro atoms. The van der Waals surface area contributed by atoms with E-state index in [-0.39, 0.29) is 11.7 Å². The van der Waals surface area contributed by atoms with Crippen molar-refractivity contribution in [3.05, 3.63) is 75.8 Å². The van der Waals surface area contributed by atoms with E-state index in [2.05, 4.69) is 26.3 Å². The number of carbonyl (C=O) groups excluding carboxylic acids is 1. The molecule has 7 heteroatoms. The molecule has 146 valence electrons. The third kappa shape index (κ3) is 4.42. The minimum absolute atomic E-state index is 0.262. The van der Waals surface area contributed by atoms with E-state index in [9.17, 15) is 9.18 Å². The van der Waals surface area contributed by atoms with E-state index in [0.29, 0.717) is 16.8 Å². The van der Waals surface area contributed by atoms with E-state index in [4.69, 9.17) is 4.74 Å². The molecule has 1 unspecified atom stereocenters. The summed E-state index contributed by atoms with van der Waals surface area (Å²) < 4.78 is 21.1. The van der Waals surface area contributed by atoms with Crippen LogP contribution in [0.5, 0.6) is 5.75 Å². The number of halogens is 2. The van der Waals surface area contributed by atoms with Gasteiger partial charge in [-0.25, -0.2) is 9.07 Å². The Bertz CT molecular complexity index is 989. The Morgan fingerprint density at radius 2 is 1.96 bits per heavy atom. The molecule has 1 aromatic heterocycles. The lowest BCUT2D eigenvalue weighted by atomic mass is 10.2. The topological polar surface area (TPSA) is 56.2 Å². The molecule has 5 nitrogen and oxygen atoms in total. The van der Waals surface area contributed by atoms with Crippen molar-refractivity contribution in [2.75, 3.05) is 0 Å². The van der Waals surface area contributed by atoms with Gasteiger partial charge in [-0.1, -0.05) is 18.2 Å². The highest BCUT2D eigenvalue weighted by atomic mass is 79.9. The van der Waals surface area contributed by atoms with Crippen LogP contribution in [0.1, 0.15) is 23.9 Å². The zero-order valence-electron chi connectivity index (χ0n) is 15.9. The van der Waals surface area contributed by atoms with Gasteiger partial charge in [-0.05, 0) is 67.0 Å². The number of nitrogens with one attached hydrogen (secondary N) is 1. The number of rotatable bonds is 6. The van der Waals surface area contributed by atoms with Crippen molar-refractivity contribution in [3.8, 4) is 11.4 Å². The van der Waals surface area contributed by atoms with Gasteiger partial charge in [0.05, 0.1) is 15.9 Å². The number of benzene rings is 2. The number of hydrogen-bond acceptors (Lipinski definition) is 3. The van der Waals surface area contributed by atoms with Crippen molar-refractivity contribution in [2.45, 2.75) is 33.4 Å². The predicted molar refractivity (Wildman–Crippen MR) is 109 cm³/mol. The number of carbonyl (C=O) groups is 1. The molecule has 1 N–H and O–H groups in total. The summed E-state index contributed by atoms with van der Waals surface area (Å²) in [5.74, 6) is -0.228. The maximum absolute atomic E-state index is 13.2. The first-order chi connectivity index (χ1) is 13.4. The molecule has 28 heavy (non-hydrogen) atoms. The van der Waals surface area contributed by atoms with Crippen molar-refractivity contribution in [3.63, 3.8) is 0 Å². The Balaban J connectivity index is 1.67. The van der Waals surface area contributed by atoms with Gasteiger partial charge in [0.25, 0.3) is 5.91 Å². The number of aromatic nitrogens is 2. The molecule has 0 aliphatic heterocycles. The van der Waals surface area contributed by atoms with Crippen LogP contribution >= 0.6 is 15.9 Å². The van der Waals surface area contributed by atoms with E-state index in [1.165, 1.54) is 18.2 Å². The third-order valence-electron chi connectivity index (χ3n) is 4.45. The maximum atomic E-state index is 13.2. The van der Waals surface area contributed by atoms with Crippen molar-refractivity contribution >= 4 is 21.8 Å². The highest BCUT2D eigenvalue weighted by Gasteiger charge is 2.18. The van der Waals surface area contributed by atoms with Gasteiger partial charge < -0.3 is 10.1 Å². The van der Waals surface area contributed by atoms with Crippen LogP contribution in [-0.4, -0.2) is 21.8 Å². The number of ether oxygens (including phenoxy) is 1. The molecule has 0 saturated heterocycles. The SMILES string of the molecule is Cc1nn(-c2ccccc2)c(C)c1CNC(=O)C(C)Oc1ccc(F)cc1Br. The minimum atomic E-state index is -0.730. The maximum Gasteiger partial charge on any atom is 0.261 e. The van der Waals surface area contributed by atoms with Crippen LogP contribution in [0.25, 0.3) is 5.69 Å². The summed E-state index contributed by atoms with van der Waals surface area (Å²) in [6.45, 7) is 5.90. The lowest BCUT2D eigenvalue weighted by Crippen LogP contribution is -2.36. The van der Waals surface area contributed by atoms with Gasteiger partial charge >= 0.3 is 0 Å². The summed E-state index contributed by atoms with van der Waals surface area (Å²) in [7, 11) is 0. The third-order valence-corrected chi connectivity index (χ3v) is 5.07. The van der Waals surface area contributed by atoms with Crippen LogP contribution in [0.3, 0.4) is 0 Å². The average Bonchev–Trinajstić information content (AvgIpc) is 2.96. The van der Waals surface area contributed by atoms with E-state index in [1.807, 2.05) is 48.9 Å². The number of amides is 1. The fourth-order valence-electron chi connectivity index (χ4n) is 2.89. The smallest absolute Gasteiger partial charge is 0.261 e. The van der Waals surface area contributed by atoms with Crippen molar-refractivity contribution in [1.29, 1.82) is 0 Å². The molecule has 0 aliphatic rings. The first-order valence-corrected chi connectivity index (χ1v) is 9.66. The predicted octanol–water partition coefficient (Wildman–Crippen LogP) is 4.47. The van der Waals surface area contributed by atoms with Gasteiger partial charge in [0.2, 0.25) is 0 Å². The van der Waals surface area contributed by atoms with Gasteiger partial charge in [0.1, 0.15) is 11.6 Å². The average molecular weight is 446 g/mol. The van der Waals surface area contributed by atoms with E-state index in [1.54, 1.807) is 6.92 Å². The summed E-state index contributed by atoms with van der Waals surface area (Å²) in [4.78, 5) is 12.4. The Morgan fingerprint density at radius 3 is 2.64 bits per heavy atom. The molecule has 0 bridgehead atoms. The summed E-state index contributed by atoms with van der Waals surface area (Å²) in [5.41, 5.74) is 3.77. The summed E-state index contributed by atoms with van der Waals surface area (Å²) in [5, 5.41) is 7.47. The monoisotopic (exact) mass is 445 g/mol. The first-order valence-electron chi connectivity index (χ1n) is 8.86. The minimum Gasteiger partial charge on any atom is -0.480 e. The molecule has 1 heterocycles. The van der Waals surface area contributed by atoms with Crippen LogP contribution in [0, 0.1) is 19.7 Å². The summed E-state index contributed by atoms with van der Waals surface area (Å²) in [6.07, 6.45) is -0.730. The fourth-order valence-corrected chi connectivity index (χ4v) is 3.33. The Morgan fingerprint density at radius 1 is 1.25 bits per heavy atom. The Hall–Kier alpha value is -2.67. The second-order valence-corrected chi connectivity index (χ2v) is 7.30. The molecule has 0 aliphatic carbocycles. The van der Waals surface area contributed by atoms with E-state index >= 15 is 0 Å². The van der Waals surface area contributed by atoms with Gasteiger partial charge in [-0.2, -0.15) is 5.10 Å². The van der Waals surface area contributed by atoms with Crippen LogP contribution in [-0.2, 0) is 11.3 Å². The molecule has 3 rings (SSSR count). The largest absolute Gasteiger partial charge is 0.480 e. The number of nitrogens with zero attached hydrogens (tertiary/aromatic N) is 2. The zero-order chi connectivity index (χ0) is 20.3. The van der Waals surface area contributed by atoms with E-state index in [0.717, 1.165) is 22.6 Å². The quantitative estimate of drug-likeness (QED) is 0.608. The first kappa shape index (κ1) is 20.1. The molecule has 1 amide bonds. The highest BCUT2D eigenvalue weighted by molar-refractivity contribution is 9.10. The molecular weight excluding hydrogens is 425 g/mol. The molecular formula is C21H21BrFN3O2. The van der Waals surface area contributed by atoms with Gasteiger partial charge in [-0.3, -0.25) is 4.79 Å². The molecule has 2 aromatic carbocycles. The van der Waals surface area contributed by atoms with Crippen molar-refractivity contribution in [2.24, 2.45) is 0 Å². The normalized spacial score (nSPS) is 11.9. The lowest BCUT2D eigenvalue weighted by molar-refractivity contribution is -0.127. The number of hydrogen-bond donors (Lipinski definition) is 1. The van der Waals surface area contributed by atoms with Gasteiger partial charge in [0.15, 0.2) is 6.10 Å². The van der Waals surface area contributed by atoms with E-state index < -0.39 is 6.10 Å². The van der Waals surface area contributed by atoms with Crippen molar-refractivity contribution < 1.29 is 13.9 Å². The van der Waals surface area contributed by atoms with Gasteiger partial charge in [0, 0.05) is 17.8 Å². The molecule has 0 saturated carbocycles. The summed E-state index contributed by atoms with van der Waals surface area (Å²) >= 11 is 3.24. The van der Waals surface area contributed by atoms with Crippen LogP contribution in [0.2, 0.25) is 0 Å². The lowest BCUT2D eigenvalue weighted by Gasteiger charge is -2.16. The molecule has 3 aromatic rings. The highest BCUT2D eigenvalue weighted by Crippen LogP contribution is 2.26. The second-order valence-electron chi connectivity index (χ2n) is 6.45. The van der Waals surface area contributed by atoms with Crippen molar-refractivity contribution in [1.82, 2.24) is 15.1 Å². The Labute approximate surface area is 171 Å². The van der Waals surface area contributed by atoms with Crippen LogP contribution in [0.15, 0.2) is 53.0 Å². The van der Waals surface area contributed by atoms with Crippen LogP contribution in [0.4, 0.5) is 4.39 Å². The standard InChI is InChI=1S/C21H21BrFN3O2/c1-13-18(14(2)26(25-13)17-7-5-4-6-8-17)12-24-21(27)15(3)28-20-10-9-16(23)11-19(20)22/h4-11,15H,12H2,1-3H3,(H,24,27). The summed E-state index contributed by atoms with van der Waals surface area (Å²) in [6, 6.07) is 13.9. The number of para-hydroxylation sites is 1. The molecule has 0 radical (unpaired) electrons. The molecule has 1 atom stereocenters. The van der Waals surface area contributed by atoms with Gasteiger partial charge in [-0.15, -0.1) is 0 Å². The molecule has 0 fully saturated rings. The second kappa shape index (κ2) is 8.56. The number of aryl methyl sites for hydroxylation is 1. The fraction of sp³-hybridized carbons (Fsp3) is 0.238.